The minimum atomic E-state index is -0.358. The molecule has 2 aromatic rings. The molecule has 27 heavy (non-hydrogen) atoms. The molecule has 0 radical (unpaired) electrons. The van der Waals surface area contributed by atoms with Gasteiger partial charge in [0, 0.05) is 32.5 Å². The third kappa shape index (κ3) is 5.53. The van der Waals surface area contributed by atoms with Crippen molar-refractivity contribution < 1.29 is 14.4 Å². The van der Waals surface area contributed by atoms with Gasteiger partial charge in [0.05, 0.1) is 6.10 Å². The zero-order chi connectivity index (χ0) is 19.1. The van der Waals surface area contributed by atoms with Crippen LogP contribution in [0.4, 0.5) is 4.79 Å². The van der Waals surface area contributed by atoms with Crippen molar-refractivity contribution >= 4 is 6.03 Å². The molecule has 0 bridgehead atoms. The topological polar surface area (TPSA) is 91.5 Å². The number of carbonyl (C=O) groups is 1. The maximum Gasteiger partial charge on any atom is 0.317 e. The summed E-state index contributed by atoms with van der Waals surface area (Å²) in [4.78, 5) is 18.4. The highest BCUT2D eigenvalue weighted by atomic mass is 16.5. The number of benzene rings is 1. The number of nitrogens with one attached hydrogen (secondary N) is 1. The normalized spacial score (nSPS) is 16.3. The highest BCUT2D eigenvalue weighted by Crippen LogP contribution is 2.23. The van der Waals surface area contributed by atoms with Gasteiger partial charge in [0.25, 0.3) is 0 Å². The molecule has 1 aliphatic heterocycles. The zero-order valence-electron chi connectivity index (χ0n) is 15.8. The Morgan fingerprint density at radius 3 is 2.74 bits per heavy atom. The van der Waals surface area contributed by atoms with Crippen molar-refractivity contribution in [3.05, 3.63) is 47.6 Å². The molecular formula is C20H28N4O3. The van der Waals surface area contributed by atoms with Crippen LogP contribution in [0.3, 0.4) is 0 Å². The van der Waals surface area contributed by atoms with Crippen molar-refractivity contribution in [1.82, 2.24) is 20.4 Å². The summed E-state index contributed by atoms with van der Waals surface area (Å²) in [7, 11) is 0. The Morgan fingerprint density at radius 1 is 1.33 bits per heavy atom. The molecule has 1 aromatic heterocycles. The molecule has 146 valence electrons. The van der Waals surface area contributed by atoms with Crippen molar-refractivity contribution in [2.45, 2.75) is 45.1 Å². The summed E-state index contributed by atoms with van der Waals surface area (Å²) in [6, 6.07) is 9.98. The van der Waals surface area contributed by atoms with E-state index in [0.29, 0.717) is 50.6 Å². The van der Waals surface area contributed by atoms with E-state index in [9.17, 15) is 9.90 Å². The summed E-state index contributed by atoms with van der Waals surface area (Å²) >= 11 is 0. The fourth-order valence-corrected chi connectivity index (χ4v) is 3.44. The van der Waals surface area contributed by atoms with Crippen LogP contribution in [0, 0.1) is 5.92 Å². The molecule has 1 aromatic carbocycles. The van der Waals surface area contributed by atoms with Crippen LogP contribution in [0.15, 0.2) is 34.9 Å². The van der Waals surface area contributed by atoms with Crippen LogP contribution in [-0.4, -0.2) is 51.9 Å². The van der Waals surface area contributed by atoms with Gasteiger partial charge in [-0.25, -0.2) is 4.79 Å². The van der Waals surface area contributed by atoms with Gasteiger partial charge in [0.15, 0.2) is 5.82 Å². The standard InChI is InChI=1S/C20H28N4O3/c1-2-19-22-18(23-27-19)8-11-21-20(26)24-12-9-16(10-13-24)17(25)14-15-6-4-3-5-7-15/h3-7,16-17,25H,2,8-14H2,1H3,(H,21,26). The summed E-state index contributed by atoms with van der Waals surface area (Å²) < 4.78 is 5.06. The summed E-state index contributed by atoms with van der Waals surface area (Å²) in [6.45, 7) is 3.78. The number of rotatable bonds is 7. The second-order valence-corrected chi connectivity index (χ2v) is 7.02. The lowest BCUT2D eigenvalue weighted by atomic mass is 9.88. The Morgan fingerprint density at radius 2 is 2.07 bits per heavy atom. The largest absolute Gasteiger partial charge is 0.392 e. The van der Waals surface area contributed by atoms with Crippen LogP contribution in [0.25, 0.3) is 0 Å². The van der Waals surface area contributed by atoms with E-state index in [4.69, 9.17) is 4.52 Å². The molecule has 2 heterocycles. The molecule has 1 atom stereocenters. The summed E-state index contributed by atoms with van der Waals surface area (Å²) in [5, 5.41) is 17.3. The number of nitrogens with zero attached hydrogens (tertiary/aromatic N) is 3. The van der Waals surface area contributed by atoms with Gasteiger partial charge in [0.1, 0.15) is 0 Å². The second-order valence-electron chi connectivity index (χ2n) is 7.02. The van der Waals surface area contributed by atoms with Gasteiger partial charge in [0.2, 0.25) is 5.89 Å². The summed E-state index contributed by atoms with van der Waals surface area (Å²) in [5.74, 6) is 1.48. The molecule has 2 N–H and O–H groups in total. The number of urea groups is 1. The van der Waals surface area contributed by atoms with Crippen LogP contribution in [0.1, 0.15) is 37.0 Å². The van der Waals surface area contributed by atoms with E-state index in [1.54, 1.807) is 0 Å². The third-order valence-electron chi connectivity index (χ3n) is 5.10. The fourth-order valence-electron chi connectivity index (χ4n) is 3.44. The second kappa shape index (κ2) is 9.50. The van der Waals surface area contributed by atoms with Crippen LogP contribution < -0.4 is 5.32 Å². The first kappa shape index (κ1) is 19.4. The molecule has 3 rings (SSSR count). The molecule has 1 fully saturated rings. The Hall–Kier alpha value is -2.41. The van der Waals surface area contributed by atoms with E-state index in [1.165, 1.54) is 0 Å². The molecule has 1 aliphatic rings. The predicted octanol–water partition coefficient (Wildman–Crippen LogP) is 2.20. The van der Waals surface area contributed by atoms with E-state index >= 15 is 0 Å². The number of carbonyl (C=O) groups excluding carboxylic acids is 1. The Kier molecular flexibility index (Phi) is 6.81. The average Bonchev–Trinajstić information content (AvgIpc) is 3.17. The first-order chi connectivity index (χ1) is 13.2. The fraction of sp³-hybridized carbons (Fsp3) is 0.550. The quantitative estimate of drug-likeness (QED) is 0.777. The lowest BCUT2D eigenvalue weighted by Crippen LogP contribution is -2.46. The average molecular weight is 372 g/mol. The van der Waals surface area contributed by atoms with E-state index in [2.05, 4.69) is 15.5 Å². The van der Waals surface area contributed by atoms with Crippen molar-refractivity contribution in [3.63, 3.8) is 0 Å². The van der Waals surface area contributed by atoms with Crippen molar-refractivity contribution in [2.75, 3.05) is 19.6 Å². The van der Waals surface area contributed by atoms with E-state index in [0.717, 1.165) is 18.4 Å². The highest BCUT2D eigenvalue weighted by Gasteiger charge is 2.27. The van der Waals surface area contributed by atoms with Crippen LogP contribution in [0.5, 0.6) is 0 Å². The first-order valence-corrected chi connectivity index (χ1v) is 9.72. The lowest BCUT2D eigenvalue weighted by Gasteiger charge is -2.34. The van der Waals surface area contributed by atoms with Crippen molar-refractivity contribution in [2.24, 2.45) is 5.92 Å². The number of piperidine rings is 1. The van der Waals surface area contributed by atoms with Crippen molar-refractivity contribution in [1.29, 1.82) is 0 Å². The molecule has 0 spiro atoms. The minimum absolute atomic E-state index is 0.0646. The SMILES string of the molecule is CCc1nc(CCNC(=O)N2CCC(C(O)Cc3ccccc3)CC2)no1. The molecule has 0 aliphatic carbocycles. The maximum absolute atomic E-state index is 12.3. The smallest absolute Gasteiger partial charge is 0.317 e. The molecule has 2 amide bonds. The van der Waals surface area contributed by atoms with Crippen molar-refractivity contribution in [3.8, 4) is 0 Å². The van der Waals surface area contributed by atoms with Gasteiger partial charge in [-0.15, -0.1) is 0 Å². The van der Waals surface area contributed by atoms with Crippen LogP contribution in [-0.2, 0) is 19.3 Å². The van der Waals surface area contributed by atoms with Crippen LogP contribution in [0.2, 0.25) is 0 Å². The monoisotopic (exact) mass is 372 g/mol. The number of hydrogen-bond donors (Lipinski definition) is 2. The number of aryl methyl sites for hydroxylation is 1. The van der Waals surface area contributed by atoms with Gasteiger partial charge >= 0.3 is 6.03 Å². The number of amides is 2. The number of aliphatic hydroxyl groups is 1. The molecule has 0 saturated carbocycles. The molecular weight excluding hydrogens is 344 g/mol. The molecule has 1 unspecified atom stereocenters. The van der Waals surface area contributed by atoms with Gasteiger partial charge < -0.3 is 19.8 Å². The first-order valence-electron chi connectivity index (χ1n) is 9.72. The minimum Gasteiger partial charge on any atom is -0.392 e. The zero-order valence-corrected chi connectivity index (χ0v) is 15.8. The van der Waals surface area contributed by atoms with Gasteiger partial charge in [-0.1, -0.05) is 42.4 Å². The number of hydrogen-bond acceptors (Lipinski definition) is 5. The molecule has 1 saturated heterocycles. The van der Waals surface area contributed by atoms with Gasteiger partial charge in [-0.05, 0) is 30.7 Å². The van der Waals surface area contributed by atoms with Crippen LogP contribution >= 0.6 is 0 Å². The summed E-state index contributed by atoms with van der Waals surface area (Å²) in [6.07, 6.45) is 3.23. The Labute approximate surface area is 159 Å². The molecule has 7 heteroatoms. The van der Waals surface area contributed by atoms with E-state index in [1.807, 2.05) is 42.2 Å². The highest BCUT2D eigenvalue weighted by molar-refractivity contribution is 5.74. The van der Waals surface area contributed by atoms with Gasteiger partial charge in [-0.3, -0.25) is 0 Å². The Bertz CT molecular complexity index is 711. The lowest BCUT2D eigenvalue weighted by molar-refractivity contribution is 0.0672. The molecule has 7 nitrogen and oxygen atoms in total. The number of aromatic nitrogens is 2. The third-order valence-corrected chi connectivity index (χ3v) is 5.10. The number of aliphatic hydroxyl groups excluding tert-OH is 1. The summed E-state index contributed by atoms with van der Waals surface area (Å²) in [5.41, 5.74) is 1.15. The maximum atomic E-state index is 12.3. The number of likely N-dealkylation sites (tertiary alicyclic amines) is 1. The van der Waals surface area contributed by atoms with Gasteiger partial charge in [-0.2, -0.15) is 4.98 Å². The predicted molar refractivity (Wildman–Crippen MR) is 101 cm³/mol. The van der Waals surface area contributed by atoms with E-state index < -0.39 is 0 Å². The Balaban J connectivity index is 1.37. The van der Waals surface area contributed by atoms with E-state index in [-0.39, 0.29) is 18.1 Å².